The Morgan fingerprint density at radius 2 is 2.24 bits per heavy atom. The number of anilines is 2. The summed E-state index contributed by atoms with van der Waals surface area (Å²) in [6.07, 6.45) is 4.56. The molecule has 0 saturated carbocycles. The molecule has 6 nitrogen and oxygen atoms in total. The van der Waals surface area contributed by atoms with Gasteiger partial charge in [0.1, 0.15) is 0 Å². The van der Waals surface area contributed by atoms with Gasteiger partial charge in [0.05, 0.1) is 23.1 Å². The average molecular weight is 285 g/mol. The molecule has 2 aromatic rings. The zero-order chi connectivity index (χ0) is 14.7. The Balaban J connectivity index is 1.63. The van der Waals surface area contributed by atoms with Crippen molar-refractivity contribution in [1.29, 1.82) is 0 Å². The van der Waals surface area contributed by atoms with Crippen molar-refractivity contribution in [3.8, 4) is 0 Å². The van der Waals surface area contributed by atoms with Crippen LogP contribution in [0.2, 0.25) is 0 Å². The summed E-state index contributed by atoms with van der Waals surface area (Å²) in [5.41, 5.74) is 3.68. The Labute approximate surface area is 123 Å². The van der Waals surface area contributed by atoms with Crippen LogP contribution in [-0.4, -0.2) is 35.3 Å². The number of carbonyl (C=O) groups excluding carboxylic acids is 1. The molecule has 3 N–H and O–H groups in total. The number of para-hydroxylation sites is 1. The number of rotatable bonds is 4. The molecule has 0 fully saturated rings. The number of carbonyl (C=O) groups is 1. The van der Waals surface area contributed by atoms with E-state index in [0.29, 0.717) is 12.1 Å². The maximum Gasteiger partial charge on any atom is 0.253 e. The van der Waals surface area contributed by atoms with E-state index in [4.69, 9.17) is 0 Å². The summed E-state index contributed by atoms with van der Waals surface area (Å²) in [6, 6.07) is 5.72. The van der Waals surface area contributed by atoms with E-state index in [-0.39, 0.29) is 5.91 Å². The van der Waals surface area contributed by atoms with Gasteiger partial charge in [0, 0.05) is 32.9 Å². The van der Waals surface area contributed by atoms with Gasteiger partial charge in [-0.1, -0.05) is 6.07 Å². The van der Waals surface area contributed by atoms with Gasteiger partial charge in [-0.25, -0.2) is 0 Å². The lowest BCUT2D eigenvalue weighted by molar-refractivity contribution is 0.0955. The van der Waals surface area contributed by atoms with Gasteiger partial charge in [-0.15, -0.1) is 0 Å². The van der Waals surface area contributed by atoms with Crippen molar-refractivity contribution < 1.29 is 4.79 Å². The fraction of sp³-hybridized carbons (Fsp3) is 0.333. The van der Waals surface area contributed by atoms with Crippen molar-refractivity contribution in [2.24, 2.45) is 7.05 Å². The summed E-state index contributed by atoms with van der Waals surface area (Å²) in [4.78, 5) is 12.3. The second-order valence-electron chi connectivity index (χ2n) is 5.11. The Bertz CT molecular complexity index is 649. The molecule has 2 heterocycles. The number of fused-ring (bicyclic) bond motifs is 1. The average Bonchev–Trinajstić information content (AvgIpc) is 2.92. The standard InChI is InChI=1S/C15H19N5O/c1-20-10-11(9-19-20)5-6-18-15(21)12-3-2-4-13-14(12)17-8-7-16-13/h2-4,9-10,16-17H,5-8H2,1H3,(H,18,21). The molecule has 1 aromatic carbocycles. The molecule has 0 aliphatic carbocycles. The number of aryl methyl sites for hydroxylation is 1. The Morgan fingerprint density at radius 1 is 1.38 bits per heavy atom. The zero-order valence-electron chi connectivity index (χ0n) is 12.0. The second-order valence-corrected chi connectivity index (χ2v) is 5.11. The molecule has 1 aromatic heterocycles. The van der Waals surface area contributed by atoms with E-state index in [0.717, 1.165) is 36.4 Å². The summed E-state index contributed by atoms with van der Waals surface area (Å²) in [6.45, 7) is 2.30. The molecule has 0 atom stereocenters. The van der Waals surface area contributed by atoms with Crippen LogP contribution < -0.4 is 16.0 Å². The molecule has 0 unspecified atom stereocenters. The molecule has 21 heavy (non-hydrogen) atoms. The van der Waals surface area contributed by atoms with Gasteiger partial charge in [-0.3, -0.25) is 9.48 Å². The molecule has 0 bridgehead atoms. The first kappa shape index (κ1) is 13.5. The van der Waals surface area contributed by atoms with E-state index >= 15 is 0 Å². The van der Waals surface area contributed by atoms with Gasteiger partial charge < -0.3 is 16.0 Å². The quantitative estimate of drug-likeness (QED) is 0.790. The van der Waals surface area contributed by atoms with Crippen LogP contribution in [0.15, 0.2) is 30.6 Å². The summed E-state index contributed by atoms with van der Waals surface area (Å²) >= 11 is 0. The lowest BCUT2D eigenvalue weighted by atomic mass is 10.1. The minimum absolute atomic E-state index is 0.0491. The molecular weight excluding hydrogens is 266 g/mol. The van der Waals surface area contributed by atoms with Gasteiger partial charge in [-0.05, 0) is 24.1 Å². The molecule has 0 spiro atoms. The predicted octanol–water partition coefficient (Wildman–Crippen LogP) is 1.23. The molecule has 0 radical (unpaired) electrons. The van der Waals surface area contributed by atoms with Gasteiger partial charge in [-0.2, -0.15) is 5.10 Å². The number of nitrogens with zero attached hydrogens (tertiary/aromatic N) is 2. The highest BCUT2D eigenvalue weighted by Gasteiger charge is 2.16. The van der Waals surface area contributed by atoms with Crippen molar-refractivity contribution in [3.05, 3.63) is 41.7 Å². The minimum Gasteiger partial charge on any atom is -0.382 e. The van der Waals surface area contributed by atoms with Crippen molar-refractivity contribution in [1.82, 2.24) is 15.1 Å². The summed E-state index contributed by atoms with van der Waals surface area (Å²) in [5.74, 6) is -0.0491. The minimum atomic E-state index is -0.0491. The predicted molar refractivity (Wildman–Crippen MR) is 82.7 cm³/mol. The van der Waals surface area contributed by atoms with Crippen LogP contribution in [0.4, 0.5) is 11.4 Å². The third kappa shape index (κ3) is 2.99. The second kappa shape index (κ2) is 5.87. The zero-order valence-corrected chi connectivity index (χ0v) is 12.0. The molecular formula is C15H19N5O. The van der Waals surface area contributed by atoms with E-state index in [1.165, 1.54) is 0 Å². The van der Waals surface area contributed by atoms with Gasteiger partial charge in [0.15, 0.2) is 0 Å². The number of hydrogen-bond acceptors (Lipinski definition) is 4. The maximum absolute atomic E-state index is 12.3. The maximum atomic E-state index is 12.3. The van der Waals surface area contributed by atoms with E-state index in [1.54, 1.807) is 4.68 Å². The number of aromatic nitrogens is 2. The van der Waals surface area contributed by atoms with Crippen molar-refractivity contribution in [3.63, 3.8) is 0 Å². The van der Waals surface area contributed by atoms with E-state index in [1.807, 2.05) is 37.6 Å². The highest BCUT2D eigenvalue weighted by Crippen LogP contribution is 2.28. The monoisotopic (exact) mass is 285 g/mol. The third-order valence-corrected chi connectivity index (χ3v) is 3.51. The summed E-state index contributed by atoms with van der Waals surface area (Å²) < 4.78 is 1.76. The Morgan fingerprint density at radius 3 is 3.05 bits per heavy atom. The first-order valence-electron chi connectivity index (χ1n) is 7.10. The topological polar surface area (TPSA) is 71.0 Å². The van der Waals surface area contributed by atoms with Gasteiger partial charge in [0.25, 0.3) is 5.91 Å². The number of nitrogens with one attached hydrogen (secondary N) is 3. The fourth-order valence-electron chi connectivity index (χ4n) is 2.48. The Kier molecular flexibility index (Phi) is 3.77. The number of hydrogen-bond donors (Lipinski definition) is 3. The molecule has 1 aliphatic rings. The largest absolute Gasteiger partial charge is 0.382 e. The number of amides is 1. The van der Waals surface area contributed by atoms with Crippen LogP contribution in [0.5, 0.6) is 0 Å². The molecule has 6 heteroatoms. The van der Waals surface area contributed by atoms with Crippen molar-refractivity contribution in [2.75, 3.05) is 30.3 Å². The SMILES string of the molecule is Cn1cc(CCNC(=O)c2cccc3c2NCCN3)cn1. The van der Waals surface area contributed by atoms with Crippen LogP contribution in [0.1, 0.15) is 15.9 Å². The molecule has 1 aliphatic heterocycles. The third-order valence-electron chi connectivity index (χ3n) is 3.51. The van der Waals surface area contributed by atoms with Crippen molar-refractivity contribution in [2.45, 2.75) is 6.42 Å². The van der Waals surface area contributed by atoms with Crippen LogP contribution in [0, 0.1) is 0 Å². The molecule has 0 saturated heterocycles. The van der Waals surface area contributed by atoms with Crippen LogP contribution in [0.3, 0.4) is 0 Å². The van der Waals surface area contributed by atoms with Crippen LogP contribution >= 0.6 is 0 Å². The summed E-state index contributed by atoms with van der Waals surface area (Å²) in [5, 5.41) is 13.7. The lowest BCUT2D eigenvalue weighted by Gasteiger charge is -2.22. The molecule has 110 valence electrons. The number of benzene rings is 1. The summed E-state index contributed by atoms with van der Waals surface area (Å²) in [7, 11) is 1.89. The first-order chi connectivity index (χ1) is 10.2. The molecule has 3 rings (SSSR count). The smallest absolute Gasteiger partial charge is 0.253 e. The van der Waals surface area contributed by atoms with Crippen LogP contribution in [0.25, 0.3) is 0 Å². The first-order valence-corrected chi connectivity index (χ1v) is 7.10. The molecule has 1 amide bonds. The van der Waals surface area contributed by atoms with E-state index in [2.05, 4.69) is 21.0 Å². The van der Waals surface area contributed by atoms with Gasteiger partial charge in [0.2, 0.25) is 0 Å². The Hall–Kier alpha value is -2.50. The van der Waals surface area contributed by atoms with Gasteiger partial charge >= 0.3 is 0 Å². The highest BCUT2D eigenvalue weighted by molar-refractivity contribution is 6.02. The van der Waals surface area contributed by atoms with Crippen LogP contribution in [-0.2, 0) is 13.5 Å². The highest BCUT2D eigenvalue weighted by atomic mass is 16.1. The fourth-order valence-corrected chi connectivity index (χ4v) is 2.48. The normalized spacial score (nSPS) is 13.0. The van der Waals surface area contributed by atoms with E-state index < -0.39 is 0 Å². The van der Waals surface area contributed by atoms with E-state index in [9.17, 15) is 4.79 Å². The lowest BCUT2D eigenvalue weighted by Crippen LogP contribution is -2.29. The van der Waals surface area contributed by atoms with Crippen molar-refractivity contribution >= 4 is 17.3 Å².